The number of fused-ring (bicyclic) bond motifs is 1. The van der Waals surface area contributed by atoms with Gasteiger partial charge in [-0.1, -0.05) is 29.8 Å². The Morgan fingerprint density at radius 1 is 1.15 bits per heavy atom. The Morgan fingerprint density at radius 3 is 2.58 bits per heavy atom. The number of rotatable bonds is 4. The predicted molar refractivity (Wildman–Crippen MR) is 96.1 cm³/mol. The van der Waals surface area contributed by atoms with Crippen LogP contribution in [-0.2, 0) is 11.3 Å². The summed E-state index contributed by atoms with van der Waals surface area (Å²) < 4.78 is 6.96. The Balaban J connectivity index is 2.18. The average molecular weight is 375 g/mol. The Bertz CT molecular complexity index is 1070. The van der Waals surface area contributed by atoms with E-state index in [-0.39, 0.29) is 18.7 Å². The minimum Gasteiger partial charge on any atom is -0.464 e. The van der Waals surface area contributed by atoms with E-state index in [1.54, 1.807) is 31.2 Å². The van der Waals surface area contributed by atoms with Crippen LogP contribution in [0.1, 0.15) is 22.8 Å². The van der Waals surface area contributed by atoms with Crippen LogP contribution in [0.4, 0.5) is 4.79 Å². The molecule has 1 N–H and O–H groups in total. The molecule has 0 bridgehead atoms. The van der Waals surface area contributed by atoms with Crippen molar-refractivity contribution in [3.05, 3.63) is 69.1 Å². The van der Waals surface area contributed by atoms with Crippen molar-refractivity contribution < 1.29 is 19.4 Å². The van der Waals surface area contributed by atoms with E-state index in [4.69, 9.17) is 16.3 Å². The second kappa shape index (κ2) is 7.05. The first-order chi connectivity index (χ1) is 12.4. The van der Waals surface area contributed by atoms with E-state index in [9.17, 15) is 19.5 Å². The monoisotopic (exact) mass is 374 g/mol. The van der Waals surface area contributed by atoms with Crippen molar-refractivity contribution in [1.82, 2.24) is 9.13 Å². The van der Waals surface area contributed by atoms with Gasteiger partial charge in [-0.25, -0.2) is 14.4 Å². The second-order valence-electron chi connectivity index (χ2n) is 5.50. The van der Waals surface area contributed by atoms with Crippen molar-refractivity contribution >= 4 is 34.7 Å². The molecule has 26 heavy (non-hydrogen) atoms. The first-order valence-electron chi connectivity index (χ1n) is 7.83. The lowest BCUT2D eigenvalue weighted by atomic mass is 10.1. The highest BCUT2D eigenvalue weighted by molar-refractivity contribution is 6.31. The van der Waals surface area contributed by atoms with Gasteiger partial charge in [-0.05, 0) is 36.8 Å². The fourth-order valence-electron chi connectivity index (χ4n) is 2.80. The molecule has 0 radical (unpaired) electrons. The lowest BCUT2D eigenvalue weighted by molar-refractivity contribution is 0.0525. The third-order valence-electron chi connectivity index (χ3n) is 3.92. The number of carbonyl (C=O) groups is 2. The molecule has 3 rings (SSSR count). The van der Waals surface area contributed by atoms with Crippen LogP contribution in [0, 0.1) is 0 Å². The highest BCUT2D eigenvalue weighted by atomic mass is 35.5. The largest absolute Gasteiger partial charge is 0.464 e. The van der Waals surface area contributed by atoms with Crippen LogP contribution in [-0.4, -0.2) is 32.9 Å². The third-order valence-corrected chi connectivity index (χ3v) is 4.16. The second-order valence-corrected chi connectivity index (χ2v) is 5.93. The number of nitrogens with zero attached hydrogens (tertiary/aromatic N) is 2. The minimum absolute atomic E-state index is 0.00490. The van der Waals surface area contributed by atoms with E-state index in [0.29, 0.717) is 26.2 Å². The molecule has 2 aromatic carbocycles. The number of halogens is 1. The first kappa shape index (κ1) is 17.8. The van der Waals surface area contributed by atoms with Crippen LogP contribution < -0.4 is 5.69 Å². The molecule has 7 nitrogen and oxygen atoms in total. The Kier molecular flexibility index (Phi) is 4.81. The van der Waals surface area contributed by atoms with E-state index in [1.807, 2.05) is 0 Å². The Labute approximate surface area is 153 Å². The van der Waals surface area contributed by atoms with Gasteiger partial charge < -0.3 is 9.84 Å². The Hall–Kier alpha value is -3.06. The van der Waals surface area contributed by atoms with Crippen molar-refractivity contribution in [1.29, 1.82) is 0 Å². The molecule has 3 aromatic rings. The zero-order valence-corrected chi connectivity index (χ0v) is 14.6. The van der Waals surface area contributed by atoms with Gasteiger partial charge in [0.2, 0.25) is 0 Å². The zero-order chi connectivity index (χ0) is 18.8. The first-order valence-corrected chi connectivity index (χ1v) is 8.21. The van der Waals surface area contributed by atoms with Gasteiger partial charge >= 0.3 is 17.8 Å². The van der Waals surface area contributed by atoms with Crippen LogP contribution in [0.25, 0.3) is 11.0 Å². The van der Waals surface area contributed by atoms with E-state index >= 15 is 0 Å². The quantitative estimate of drug-likeness (QED) is 0.708. The lowest BCUT2D eigenvalue weighted by Crippen LogP contribution is -2.29. The number of ether oxygens (including phenoxy) is 1. The molecule has 0 saturated carbocycles. The van der Waals surface area contributed by atoms with Crippen LogP contribution >= 0.6 is 11.6 Å². The number of imidazole rings is 1. The van der Waals surface area contributed by atoms with E-state index in [2.05, 4.69) is 0 Å². The van der Waals surface area contributed by atoms with E-state index in [0.717, 1.165) is 0 Å². The smallest absolute Gasteiger partial charge is 0.420 e. The maximum atomic E-state index is 12.6. The van der Waals surface area contributed by atoms with Crippen LogP contribution in [0.2, 0.25) is 5.02 Å². The topological polar surface area (TPSA) is 90.5 Å². The molecule has 1 aromatic heterocycles. The number of carbonyl (C=O) groups excluding carboxylic acids is 1. The summed E-state index contributed by atoms with van der Waals surface area (Å²) >= 11 is 6.01. The molecular formula is C18H15ClN2O5. The maximum absolute atomic E-state index is 12.6. The summed E-state index contributed by atoms with van der Waals surface area (Å²) in [4.78, 5) is 36.3. The number of aromatic nitrogens is 2. The summed E-state index contributed by atoms with van der Waals surface area (Å²) in [6, 6.07) is 11.2. The SMILES string of the molecule is CCOC(=O)c1ccccc1Cn1c(=O)n(C(=O)O)c2ccc(Cl)cc21. The van der Waals surface area contributed by atoms with Gasteiger partial charge in [-0.15, -0.1) is 0 Å². The molecule has 0 aliphatic rings. The standard InChI is InChI=1S/C18H15ClN2O5/c1-2-26-16(22)13-6-4-3-5-11(13)10-20-15-9-12(19)7-8-14(15)21(17(20)23)18(24)25/h3-9H,2,10H2,1H3,(H,24,25). The van der Waals surface area contributed by atoms with Gasteiger partial charge in [0.1, 0.15) is 0 Å². The summed E-state index contributed by atoms with van der Waals surface area (Å²) in [6.07, 6.45) is -1.39. The number of hydrogen-bond acceptors (Lipinski definition) is 4. The van der Waals surface area contributed by atoms with Gasteiger partial charge in [0.25, 0.3) is 0 Å². The molecule has 8 heteroatoms. The van der Waals surface area contributed by atoms with Crippen molar-refractivity contribution in [3.63, 3.8) is 0 Å². The number of esters is 1. The number of benzene rings is 2. The molecule has 0 aliphatic carbocycles. The molecule has 0 atom stereocenters. The third kappa shape index (κ3) is 3.09. The fourth-order valence-corrected chi connectivity index (χ4v) is 2.97. The molecule has 0 unspecified atom stereocenters. The normalized spacial score (nSPS) is 10.8. The molecule has 0 amide bonds. The fraction of sp³-hybridized carbons (Fsp3) is 0.167. The number of hydrogen-bond donors (Lipinski definition) is 1. The van der Waals surface area contributed by atoms with Gasteiger partial charge in [-0.2, -0.15) is 4.57 Å². The summed E-state index contributed by atoms with van der Waals surface area (Å²) in [5, 5.41) is 9.74. The van der Waals surface area contributed by atoms with E-state index < -0.39 is 17.8 Å². The van der Waals surface area contributed by atoms with Crippen molar-refractivity contribution in [2.24, 2.45) is 0 Å². The molecule has 1 heterocycles. The van der Waals surface area contributed by atoms with Crippen LogP contribution in [0.3, 0.4) is 0 Å². The maximum Gasteiger partial charge on any atom is 0.420 e. The van der Waals surface area contributed by atoms with Crippen LogP contribution in [0.15, 0.2) is 47.3 Å². The van der Waals surface area contributed by atoms with Gasteiger partial charge in [-0.3, -0.25) is 4.57 Å². The average Bonchev–Trinajstić information content (AvgIpc) is 2.87. The highest BCUT2D eigenvalue weighted by Gasteiger charge is 2.20. The minimum atomic E-state index is -1.39. The van der Waals surface area contributed by atoms with Gasteiger partial charge in [0.15, 0.2) is 0 Å². The molecular weight excluding hydrogens is 360 g/mol. The summed E-state index contributed by atoms with van der Waals surface area (Å²) in [5.41, 5.74) is 0.717. The van der Waals surface area contributed by atoms with Crippen LogP contribution in [0.5, 0.6) is 0 Å². The zero-order valence-electron chi connectivity index (χ0n) is 13.8. The Morgan fingerprint density at radius 2 is 1.88 bits per heavy atom. The van der Waals surface area contributed by atoms with Crippen molar-refractivity contribution in [2.75, 3.05) is 6.61 Å². The predicted octanol–water partition coefficient (Wildman–Crippen LogP) is 3.21. The van der Waals surface area contributed by atoms with Crippen molar-refractivity contribution in [2.45, 2.75) is 13.5 Å². The summed E-state index contributed by atoms with van der Waals surface area (Å²) in [7, 11) is 0. The number of carboxylic acid groups (broad SMARTS) is 1. The lowest BCUT2D eigenvalue weighted by Gasteiger charge is -2.09. The summed E-state index contributed by atoms with van der Waals surface area (Å²) in [6.45, 7) is 1.93. The van der Waals surface area contributed by atoms with Gasteiger partial charge in [0.05, 0.1) is 29.7 Å². The van der Waals surface area contributed by atoms with E-state index in [1.165, 1.54) is 22.8 Å². The molecule has 0 saturated heterocycles. The molecule has 134 valence electrons. The van der Waals surface area contributed by atoms with Gasteiger partial charge in [0, 0.05) is 5.02 Å². The molecule has 0 aliphatic heterocycles. The summed E-state index contributed by atoms with van der Waals surface area (Å²) in [5.74, 6) is -0.504. The highest BCUT2D eigenvalue weighted by Crippen LogP contribution is 2.21. The molecule has 0 spiro atoms. The molecule has 0 fully saturated rings. The van der Waals surface area contributed by atoms with Crippen molar-refractivity contribution in [3.8, 4) is 0 Å².